The van der Waals surface area contributed by atoms with Crippen molar-refractivity contribution in [1.29, 1.82) is 0 Å². The molecule has 3 amide bonds. The van der Waals surface area contributed by atoms with Gasteiger partial charge in [0.1, 0.15) is 0 Å². The van der Waals surface area contributed by atoms with E-state index in [1.54, 1.807) is 35.2 Å². The lowest BCUT2D eigenvalue weighted by Gasteiger charge is -2.16. The molecule has 1 aliphatic heterocycles. The van der Waals surface area contributed by atoms with Crippen LogP contribution in [0.2, 0.25) is 0 Å². The highest BCUT2D eigenvalue weighted by atomic mass is 16.2. The third-order valence-corrected chi connectivity index (χ3v) is 5.18. The molecule has 1 saturated heterocycles. The summed E-state index contributed by atoms with van der Waals surface area (Å²) in [6.07, 6.45) is 1.39. The Labute approximate surface area is 180 Å². The summed E-state index contributed by atoms with van der Waals surface area (Å²) in [6, 6.07) is 24.3. The lowest BCUT2D eigenvalue weighted by molar-refractivity contribution is -0.117. The largest absolute Gasteiger partial charge is 0.343 e. The minimum atomic E-state index is -0.334. The number of anilines is 2. The molecular weight excluding hydrogens is 390 g/mol. The highest BCUT2D eigenvalue weighted by Gasteiger charge is 2.21. The van der Waals surface area contributed by atoms with Crippen LogP contribution in [0.1, 0.15) is 23.2 Å². The van der Waals surface area contributed by atoms with E-state index in [1.807, 2.05) is 48.5 Å². The number of amides is 3. The number of hydrogen-bond donors (Lipinski definition) is 2. The van der Waals surface area contributed by atoms with E-state index in [0.717, 1.165) is 23.2 Å². The van der Waals surface area contributed by atoms with Gasteiger partial charge in [-0.05, 0) is 47.9 Å². The average Bonchev–Trinajstić information content (AvgIpc) is 3.24. The van der Waals surface area contributed by atoms with Crippen LogP contribution in [-0.2, 0) is 9.59 Å². The first-order valence-corrected chi connectivity index (χ1v) is 10.2. The first-order chi connectivity index (χ1) is 15.1. The maximum Gasteiger partial charge on any atom is 0.251 e. The maximum absolute atomic E-state index is 12.4. The van der Waals surface area contributed by atoms with Crippen LogP contribution in [0.5, 0.6) is 0 Å². The molecule has 0 unspecified atom stereocenters. The topological polar surface area (TPSA) is 78.5 Å². The van der Waals surface area contributed by atoms with Gasteiger partial charge >= 0.3 is 0 Å². The van der Waals surface area contributed by atoms with Gasteiger partial charge in [0.05, 0.1) is 6.54 Å². The van der Waals surface area contributed by atoms with Gasteiger partial charge in [-0.3, -0.25) is 14.4 Å². The third-order valence-electron chi connectivity index (χ3n) is 5.18. The second-order valence-electron chi connectivity index (χ2n) is 7.37. The van der Waals surface area contributed by atoms with Crippen LogP contribution in [0, 0.1) is 0 Å². The lowest BCUT2D eigenvalue weighted by Crippen LogP contribution is -2.32. The number of carbonyl (C=O) groups excluding carboxylic acids is 3. The fraction of sp³-hybridized carbons (Fsp3) is 0.160. The van der Waals surface area contributed by atoms with E-state index in [0.29, 0.717) is 24.2 Å². The zero-order valence-electron chi connectivity index (χ0n) is 17.0. The van der Waals surface area contributed by atoms with Crippen molar-refractivity contribution < 1.29 is 14.4 Å². The smallest absolute Gasteiger partial charge is 0.251 e. The van der Waals surface area contributed by atoms with Crippen LogP contribution in [0.3, 0.4) is 0 Å². The summed E-state index contributed by atoms with van der Waals surface area (Å²) in [6.45, 7) is 0.543. The molecule has 156 valence electrons. The van der Waals surface area contributed by atoms with Gasteiger partial charge in [0.15, 0.2) is 0 Å². The molecule has 6 nitrogen and oxygen atoms in total. The van der Waals surface area contributed by atoms with Crippen molar-refractivity contribution in [3.8, 4) is 11.1 Å². The molecule has 4 rings (SSSR count). The van der Waals surface area contributed by atoms with Crippen molar-refractivity contribution in [3.05, 3.63) is 84.4 Å². The molecule has 3 aromatic carbocycles. The van der Waals surface area contributed by atoms with Crippen molar-refractivity contribution >= 4 is 29.1 Å². The zero-order chi connectivity index (χ0) is 21.6. The monoisotopic (exact) mass is 413 g/mol. The van der Waals surface area contributed by atoms with Gasteiger partial charge in [0, 0.05) is 29.9 Å². The standard InChI is InChI=1S/C25H23N3O3/c29-23(27-21-8-4-9-22(16-21)28-15-5-10-24(28)30)17-26-25(31)20-13-11-19(12-14-20)18-6-2-1-3-7-18/h1-4,6-9,11-14,16H,5,10,15,17H2,(H,26,31)(H,27,29). The molecule has 0 saturated carbocycles. The third kappa shape index (κ3) is 4.98. The molecule has 2 N–H and O–H groups in total. The average molecular weight is 413 g/mol. The van der Waals surface area contributed by atoms with E-state index in [4.69, 9.17) is 0 Å². The molecule has 0 bridgehead atoms. The second-order valence-corrected chi connectivity index (χ2v) is 7.37. The van der Waals surface area contributed by atoms with Gasteiger partial charge in [-0.1, -0.05) is 48.5 Å². The van der Waals surface area contributed by atoms with Crippen LogP contribution < -0.4 is 15.5 Å². The Hall–Kier alpha value is -3.93. The number of benzene rings is 3. The van der Waals surface area contributed by atoms with E-state index in [-0.39, 0.29) is 24.3 Å². The highest BCUT2D eigenvalue weighted by Crippen LogP contribution is 2.24. The predicted octanol–water partition coefficient (Wildman–Crippen LogP) is 3.85. The van der Waals surface area contributed by atoms with Crippen LogP contribution in [0.15, 0.2) is 78.9 Å². The summed E-state index contributed by atoms with van der Waals surface area (Å²) >= 11 is 0. The summed E-state index contributed by atoms with van der Waals surface area (Å²) in [5.41, 5.74) is 3.94. The molecule has 0 aromatic heterocycles. The molecular formula is C25H23N3O3. The number of nitrogens with one attached hydrogen (secondary N) is 2. The Bertz CT molecular complexity index is 1090. The molecule has 0 spiro atoms. The second kappa shape index (κ2) is 9.26. The molecule has 1 heterocycles. The number of rotatable bonds is 6. The van der Waals surface area contributed by atoms with Gasteiger partial charge in [0.2, 0.25) is 11.8 Å². The highest BCUT2D eigenvalue weighted by molar-refractivity contribution is 6.00. The number of carbonyl (C=O) groups is 3. The first-order valence-electron chi connectivity index (χ1n) is 10.2. The van der Waals surface area contributed by atoms with Crippen molar-refractivity contribution in [1.82, 2.24) is 5.32 Å². The van der Waals surface area contributed by atoms with E-state index in [9.17, 15) is 14.4 Å². The van der Waals surface area contributed by atoms with Crippen molar-refractivity contribution in [2.45, 2.75) is 12.8 Å². The molecule has 6 heteroatoms. The minimum Gasteiger partial charge on any atom is -0.343 e. The number of nitrogens with zero attached hydrogens (tertiary/aromatic N) is 1. The Kier molecular flexibility index (Phi) is 6.08. The van der Waals surface area contributed by atoms with Crippen molar-refractivity contribution in [2.24, 2.45) is 0 Å². The number of hydrogen-bond acceptors (Lipinski definition) is 3. The van der Waals surface area contributed by atoms with Gasteiger partial charge in [-0.2, -0.15) is 0 Å². The summed E-state index contributed by atoms with van der Waals surface area (Å²) in [4.78, 5) is 38.3. The molecule has 0 atom stereocenters. The summed E-state index contributed by atoms with van der Waals surface area (Å²) < 4.78 is 0. The van der Waals surface area contributed by atoms with E-state index in [2.05, 4.69) is 10.6 Å². The normalized spacial score (nSPS) is 13.2. The maximum atomic E-state index is 12.4. The molecule has 1 fully saturated rings. The Morgan fingerprint density at radius 1 is 0.871 bits per heavy atom. The predicted molar refractivity (Wildman–Crippen MR) is 121 cm³/mol. The van der Waals surface area contributed by atoms with Crippen molar-refractivity contribution in [3.63, 3.8) is 0 Å². The molecule has 0 radical (unpaired) electrons. The van der Waals surface area contributed by atoms with Gasteiger partial charge in [-0.25, -0.2) is 0 Å². The zero-order valence-corrected chi connectivity index (χ0v) is 17.0. The van der Waals surface area contributed by atoms with Crippen LogP contribution >= 0.6 is 0 Å². The Morgan fingerprint density at radius 3 is 2.32 bits per heavy atom. The van der Waals surface area contributed by atoms with E-state index < -0.39 is 0 Å². The van der Waals surface area contributed by atoms with Gasteiger partial charge in [-0.15, -0.1) is 0 Å². The SMILES string of the molecule is O=C(CNC(=O)c1ccc(-c2ccccc2)cc1)Nc1cccc(N2CCCC2=O)c1. The summed E-state index contributed by atoms with van der Waals surface area (Å²) in [5.74, 6) is -0.556. The van der Waals surface area contributed by atoms with Gasteiger partial charge in [0.25, 0.3) is 5.91 Å². The van der Waals surface area contributed by atoms with Crippen molar-refractivity contribution in [2.75, 3.05) is 23.3 Å². The van der Waals surface area contributed by atoms with Gasteiger partial charge < -0.3 is 15.5 Å². The van der Waals surface area contributed by atoms with Crippen LogP contribution in [-0.4, -0.2) is 30.8 Å². The quantitative estimate of drug-likeness (QED) is 0.644. The molecule has 0 aliphatic carbocycles. The van der Waals surface area contributed by atoms with E-state index >= 15 is 0 Å². The molecule has 1 aliphatic rings. The van der Waals surface area contributed by atoms with Crippen LogP contribution in [0.25, 0.3) is 11.1 Å². The first kappa shape index (κ1) is 20.3. The molecule has 3 aromatic rings. The molecule has 31 heavy (non-hydrogen) atoms. The summed E-state index contributed by atoms with van der Waals surface area (Å²) in [7, 11) is 0. The van der Waals surface area contributed by atoms with E-state index in [1.165, 1.54) is 0 Å². The summed E-state index contributed by atoms with van der Waals surface area (Å²) in [5, 5.41) is 5.41. The Balaban J connectivity index is 1.32. The lowest BCUT2D eigenvalue weighted by atomic mass is 10.0. The fourth-order valence-corrected chi connectivity index (χ4v) is 3.59. The Morgan fingerprint density at radius 2 is 1.61 bits per heavy atom. The fourth-order valence-electron chi connectivity index (χ4n) is 3.59. The minimum absolute atomic E-state index is 0.0917. The van der Waals surface area contributed by atoms with Crippen LogP contribution in [0.4, 0.5) is 11.4 Å².